The average molecular weight is 460 g/mol. The van der Waals surface area contributed by atoms with E-state index in [0.29, 0.717) is 6.61 Å². The summed E-state index contributed by atoms with van der Waals surface area (Å²) in [5.41, 5.74) is 2.60. The van der Waals surface area contributed by atoms with Crippen LogP contribution in [0.3, 0.4) is 0 Å². The third kappa shape index (κ3) is 4.29. The molecule has 3 atom stereocenters. The molecule has 3 nitrogen and oxygen atoms in total. The molecule has 7 heteroatoms. The summed E-state index contributed by atoms with van der Waals surface area (Å²) in [4.78, 5) is 1.03. The highest BCUT2D eigenvalue weighted by atomic mass is 32.1. The van der Waals surface area contributed by atoms with Crippen LogP contribution in [0.15, 0.2) is 66.0 Å². The SMILES string of the molecule is FC(F)(F)Oc1ccc(-c2cccs2)c([C@H]2COC3(CCCNC3c3ccccc3)C2)c1. The molecule has 0 amide bonds. The van der Waals surface area contributed by atoms with Crippen LogP contribution in [0.5, 0.6) is 5.75 Å². The maximum Gasteiger partial charge on any atom is 0.573 e. The molecule has 2 fully saturated rings. The van der Waals surface area contributed by atoms with Gasteiger partial charge in [0.25, 0.3) is 0 Å². The lowest BCUT2D eigenvalue weighted by Gasteiger charge is -2.41. The molecule has 5 rings (SSSR count). The van der Waals surface area contributed by atoms with E-state index in [1.165, 1.54) is 11.6 Å². The molecule has 1 aromatic heterocycles. The van der Waals surface area contributed by atoms with Crippen LogP contribution in [0.2, 0.25) is 0 Å². The highest BCUT2D eigenvalue weighted by molar-refractivity contribution is 7.13. The first-order valence-electron chi connectivity index (χ1n) is 10.8. The number of halogens is 3. The van der Waals surface area contributed by atoms with E-state index in [1.807, 2.05) is 35.7 Å². The van der Waals surface area contributed by atoms with E-state index in [9.17, 15) is 13.2 Å². The van der Waals surface area contributed by atoms with Gasteiger partial charge in [0.1, 0.15) is 5.75 Å². The van der Waals surface area contributed by atoms with Gasteiger partial charge in [0.2, 0.25) is 0 Å². The second-order valence-corrected chi connectivity index (χ2v) is 9.40. The van der Waals surface area contributed by atoms with Gasteiger partial charge in [-0.05, 0) is 72.1 Å². The molecule has 32 heavy (non-hydrogen) atoms. The Hall–Kier alpha value is -2.35. The van der Waals surface area contributed by atoms with Crippen molar-refractivity contribution in [3.05, 3.63) is 77.2 Å². The average Bonchev–Trinajstić information content (AvgIpc) is 3.45. The van der Waals surface area contributed by atoms with Crippen molar-refractivity contribution in [2.24, 2.45) is 0 Å². The third-order valence-electron chi connectivity index (χ3n) is 6.43. The zero-order chi connectivity index (χ0) is 22.2. The van der Waals surface area contributed by atoms with E-state index in [4.69, 9.17) is 4.74 Å². The molecule has 1 spiro atoms. The quantitative estimate of drug-likeness (QED) is 0.472. The van der Waals surface area contributed by atoms with Crippen LogP contribution in [0.25, 0.3) is 10.4 Å². The van der Waals surface area contributed by atoms with E-state index < -0.39 is 6.36 Å². The summed E-state index contributed by atoms with van der Waals surface area (Å²) in [5, 5.41) is 5.60. The zero-order valence-corrected chi connectivity index (χ0v) is 18.2. The van der Waals surface area contributed by atoms with Crippen LogP contribution in [0.4, 0.5) is 13.2 Å². The van der Waals surface area contributed by atoms with Crippen molar-refractivity contribution in [3.8, 4) is 16.2 Å². The number of alkyl halides is 3. The minimum Gasteiger partial charge on any atom is -0.406 e. The van der Waals surface area contributed by atoms with Crippen LogP contribution in [-0.2, 0) is 4.74 Å². The largest absolute Gasteiger partial charge is 0.573 e. The maximum absolute atomic E-state index is 12.9. The summed E-state index contributed by atoms with van der Waals surface area (Å²) in [7, 11) is 0. The Kier molecular flexibility index (Phi) is 5.73. The number of thiophene rings is 1. The van der Waals surface area contributed by atoms with Crippen LogP contribution >= 0.6 is 11.3 Å². The van der Waals surface area contributed by atoms with E-state index in [2.05, 4.69) is 22.2 Å². The summed E-state index contributed by atoms with van der Waals surface area (Å²) in [6, 6.07) is 18.9. The van der Waals surface area contributed by atoms with Gasteiger partial charge in [0.15, 0.2) is 0 Å². The molecule has 0 aliphatic carbocycles. The van der Waals surface area contributed by atoms with Crippen molar-refractivity contribution >= 4 is 11.3 Å². The summed E-state index contributed by atoms with van der Waals surface area (Å²) < 4.78 is 49.4. The van der Waals surface area contributed by atoms with Crippen molar-refractivity contribution in [1.29, 1.82) is 0 Å². The highest BCUT2D eigenvalue weighted by Crippen LogP contribution is 2.50. The van der Waals surface area contributed by atoms with Crippen molar-refractivity contribution in [2.45, 2.75) is 43.2 Å². The van der Waals surface area contributed by atoms with E-state index in [-0.39, 0.29) is 23.3 Å². The molecule has 2 unspecified atom stereocenters. The van der Waals surface area contributed by atoms with Gasteiger partial charge >= 0.3 is 6.36 Å². The Morgan fingerprint density at radius 1 is 1.06 bits per heavy atom. The van der Waals surface area contributed by atoms with Crippen LogP contribution < -0.4 is 10.1 Å². The summed E-state index contributed by atoms with van der Waals surface area (Å²) in [6.07, 6.45) is -2.05. The Balaban J connectivity index is 1.50. The fraction of sp³-hybridized carbons (Fsp3) is 0.360. The number of nitrogens with one attached hydrogen (secondary N) is 1. The summed E-state index contributed by atoms with van der Waals surface area (Å²) in [6.45, 7) is 1.39. The lowest BCUT2D eigenvalue weighted by molar-refractivity contribution is -0.274. The van der Waals surface area contributed by atoms with Gasteiger partial charge in [-0.3, -0.25) is 0 Å². The molecule has 0 radical (unpaired) electrons. The number of benzene rings is 2. The van der Waals surface area contributed by atoms with Crippen LogP contribution in [0, 0.1) is 0 Å². The molecule has 2 aliphatic rings. The van der Waals surface area contributed by atoms with Gasteiger partial charge in [-0.25, -0.2) is 0 Å². The van der Waals surface area contributed by atoms with Gasteiger partial charge < -0.3 is 14.8 Å². The van der Waals surface area contributed by atoms with Gasteiger partial charge in [-0.1, -0.05) is 36.4 Å². The van der Waals surface area contributed by atoms with E-state index in [0.717, 1.165) is 41.8 Å². The highest BCUT2D eigenvalue weighted by Gasteiger charge is 2.49. The molecule has 3 heterocycles. The lowest BCUT2D eigenvalue weighted by Crippen LogP contribution is -2.48. The molecule has 0 bridgehead atoms. The van der Waals surface area contributed by atoms with Gasteiger partial charge in [-0.2, -0.15) is 0 Å². The van der Waals surface area contributed by atoms with Gasteiger partial charge in [0, 0.05) is 10.8 Å². The monoisotopic (exact) mass is 459 g/mol. The summed E-state index contributed by atoms with van der Waals surface area (Å²) in [5.74, 6) is -0.204. The Morgan fingerprint density at radius 3 is 2.66 bits per heavy atom. The minimum atomic E-state index is -4.72. The Bertz CT molecular complexity index is 1050. The summed E-state index contributed by atoms with van der Waals surface area (Å²) >= 11 is 1.58. The molecular formula is C25H24F3NO2S. The van der Waals surface area contributed by atoms with Crippen molar-refractivity contribution in [3.63, 3.8) is 0 Å². The molecular weight excluding hydrogens is 435 g/mol. The fourth-order valence-electron chi connectivity index (χ4n) is 5.14. The Morgan fingerprint density at radius 2 is 1.91 bits per heavy atom. The first kappa shape index (κ1) is 21.5. The second kappa shape index (κ2) is 8.54. The van der Waals surface area contributed by atoms with Crippen LogP contribution in [0.1, 0.15) is 42.3 Å². The molecule has 2 aromatic carbocycles. The molecule has 2 saturated heterocycles. The molecule has 1 N–H and O–H groups in total. The Labute approximate surface area is 189 Å². The molecule has 0 saturated carbocycles. The van der Waals surface area contributed by atoms with Gasteiger partial charge in [-0.15, -0.1) is 24.5 Å². The fourth-order valence-corrected chi connectivity index (χ4v) is 5.91. The first-order valence-corrected chi connectivity index (χ1v) is 11.7. The third-order valence-corrected chi connectivity index (χ3v) is 7.33. The van der Waals surface area contributed by atoms with Crippen molar-refractivity contribution < 1.29 is 22.6 Å². The normalized spacial score (nSPS) is 25.8. The number of hydrogen-bond acceptors (Lipinski definition) is 4. The van der Waals surface area contributed by atoms with E-state index in [1.54, 1.807) is 23.5 Å². The number of hydrogen-bond donors (Lipinski definition) is 1. The predicted molar refractivity (Wildman–Crippen MR) is 119 cm³/mol. The molecule has 168 valence electrons. The predicted octanol–water partition coefficient (Wildman–Crippen LogP) is 6.68. The standard InChI is InChI=1S/C25H24F3NO2S/c26-25(27,28)31-19-9-10-20(22-8-4-13-32-22)21(14-19)18-15-24(30-16-18)11-5-12-29-23(24)17-6-2-1-3-7-17/h1-4,6-10,13-14,18,23,29H,5,11-12,15-16H2/t18-,23?,24?/m1/s1. The number of ether oxygens (including phenoxy) is 2. The van der Waals surface area contributed by atoms with Gasteiger partial charge in [0.05, 0.1) is 18.2 Å². The molecule has 3 aromatic rings. The lowest BCUT2D eigenvalue weighted by atomic mass is 9.76. The maximum atomic E-state index is 12.9. The van der Waals surface area contributed by atoms with Crippen LogP contribution in [-0.4, -0.2) is 25.1 Å². The second-order valence-electron chi connectivity index (χ2n) is 8.45. The first-order chi connectivity index (χ1) is 15.4. The topological polar surface area (TPSA) is 30.5 Å². The van der Waals surface area contributed by atoms with Crippen molar-refractivity contribution in [2.75, 3.05) is 13.2 Å². The van der Waals surface area contributed by atoms with Crippen molar-refractivity contribution in [1.82, 2.24) is 5.32 Å². The van der Waals surface area contributed by atoms with E-state index >= 15 is 0 Å². The smallest absolute Gasteiger partial charge is 0.406 e. The minimum absolute atomic E-state index is 0.0185. The zero-order valence-electron chi connectivity index (χ0n) is 17.4. The number of piperidine rings is 1. The molecule has 2 aliphatic heterocycles. The number of rotatable bonds is 4.